The van der Waals surface area contributed by atoms with E-state index < -0.39 is 0 Å². The van der Waals surface area contributed by atoms with E-state index >= 15 is 0 Å². The standard InChI is InChI=1S/C8H6ClN3/c9-7-2-1-3-8(6-7)12-5-4-10-11-12/h1-6H. The van der Waals surface area contributed by atoms with Gasteiger partial charge in [-0.1, -0.05) is 22.9 Å². The van der Waals surface area contributed by atoms with Crippen molar-refractivity contribution in [2.75, 3.05) is 0 Å². The van der Waals surface area contributed by atoms with E-state index in [0.717, 1.165) is 5.69 Å². The predicted molar refractivity (Wildman–Crippen MR) is 46.4 cm³/mol. The third kappa shape index (κ3) is 1.31. The molecule has 1 aromatic carbocycles. The van der Waals surface area contributed by atoms with Crippen molar-refractivity contribution < 1.29 is 0 Å². The Kier molecular flexibility index (Phi) is 1.80. The van der Waals surface area contributed by atoms with Gasteiger partial charge in [-0.15, -0.1) is 5.10 Å². The highest BCUT2D eigenvalue weighted by Gasteiger charge is 1.95. The second-order valence-electron chi connectivity index (χ2n) is 2.33. The fourth-order valence-electron chi connectivity index (χ4n) is 0.965. The Labute approximate surface area is 74.6 Å². The van der Waals surface area contributed by atoms with Crippen molar-refractivity contribution in [2.24, 2.45) is 0 Å². The minimum absolute atomic E-state index is 0.697. The minimum Gasteiger partial charge on any atom is -0.221 e. The van der Waals surface area contributed by atoms with Crippen molar-refractivity contribution >= 4 is 11.6 Å². The molecule has 60 valence electrons. The number of benzene rings is 1. The summed E-state index contributed by atoms with van der Waals surface area (Å²) in [6, 6.07) is 7.44. The molecule has 4 heteroatoms. The van der Waals surface area contributed by atoms with Gasteiger partial charge in [0, 0.05) is 5.02 Å². The van der Waals surface area contributed by atoms with Gasteiger partial charge in [0.1, 0.15) is 0 Å². The van der Waals surface area contributed by atoms with Crippen LogP contribution in [0.4, 0.5) is 0 Å². The molecule has 1 heterocycles. The quantitative estimate of drug-likeness (QED) is 0.670. The number of hydrogen-bond donors (Lipinski definition) is 0. The van der Waals surface area contributed by atoms with Crippen LogP contribution in [-0.2, 0) is 0 Å². The largest absolute Gasteiger partial charge is 0.221 e. The number of aromatic nitrogens is 3. The van der Waals surface area contributed by atoms with Gasteiger partial charge in [0.05, 0.1) is 18.1 Å². The summed E-state index contributed by atoms with van der Waals surface area (Å²) in [5.41, 5.74) is 0.917. The molecule has 2 aromatic rings. The first-order chi connectivity index (χ1) is 5.86. The summed E-state index contributed by atoms with van der Waals surface area (Å²) in [7, 11) is 0. The van der Waals surface area contributed by atoms with E-state index in [2.05, 4.69) is 10.3 Å². The number of halogens is 1. The Hall–Kier alpha value is -1.35. The lowest BCUT2D eigenvalue weighted by Crippen LogP contribution is -1.93. The van der Waals surface area contributed by atoms with Gasteiger partial charge in [-0.25, -0.2) is 4.68 Å². The lowest BCUT2D eigenvalue weighted by Gasteiger charge is -1.98. The molecule has 0 fully saturated rings. The van der Waals surface area contributed by atoms with Gasteiger partial charge in [-0.3, -0.25) is 0 Å². The maximum absolute atomic E-state index is 5.80. The Morgan fingerprint density at radius 1 is 1.33 bits per heavy atom. The Morgan fingerprint density at radius 2 is 2.25 bits per heavy atom. The van der Waals surface area contributed by atoms with E-state index in [1.807, 2.05) is 24.3 Å². The predicted octanol–water partition coefficient (Wildman–Crippen LogP) is 1.92. The Morgan fingerprint density at radius 3 is 2.92 bits per heavy atom. The van der Waals surface area contributed by atoms with E-state index in [1.165, 1.54) is 0 Å². The van der Waals surface area contributed by atoms with Crippen molar-refractivity contribution in [2.45, 2.75) is 0 Å². The molecule has 0 saturated heterocycles. The number of hydrogen-bond acceptors (Lipinski definition) is 2. The molecule has 3 nitrogen and oxygen atoms in total. The zero-order chi connectivity index (χ0) is 8.39. The van der Waals surface area contributed by atoms with E-state index in [9.17, 15) is 0 Å². The van der Waals surface area contributed by atoms with E-state index in [1.54, 1.807) is 17.1 Å². The normalized spacial score (nSPS) is 10.1. The summed E-state index contributed by atoms with van der Waals surface area (Å²) < 4.78 is 1.66. The van der Waals surface area contributed by atoms with Crippen molar-refractivity contribution in [3.8, 4) is 5.69 Å². The van der Waals surface area contributed by atoms with Crippen LogP contribution in [0.3, 0.4) is 0 Å². The lowest BCUT2D eigenvalue weighted by atomic mass is 10.3. The van der Waals surface area contributed by atoms with Gasteiger partial charge in [-0.05, 0) is 18.2 Å². The fourth-order valence-corrected chi connectivity index (χ4v) is 1.15. The molecule has 0 aliphatic rings. The van der Waals surface area contributed by atoms with Crippen LogP contribution in [0, 0.1) is 0 Å². The Bertz CT molecular complexity index is 370. The second kappa shape index (κ2) is 2.95. The van der Waals surface area contributed by atoms with E-state index in [4.69, 9.17) is 11.6 Å². The number of rotatable bonds is 1. The van der Waals surface area contributed by atoms with Crippen LogP contribution in [0.1, 0.15) is 0 Å². The third-order valence-electron chi connectivity index (χ3n) is 1.50. The summed E-state index contributed by atoms with van der Waals surface area (Å²) in [6.45, 7) is 0. The SMILES string of the molecule is Clc1cccc(-n2ccnn2)c1. The van der Waals surface area contributed by atoms with Gasteiger partial charge in [0.15, 0.2) is 0 Å². The number of nitrogens with zero attached hydrogens (tertiary/aromatic N) is 3. The average molecular weight is 180 g/mol. The molecule has 12 heavy (non-hydrogen) atoms. The third-order valence-corrected chi connectivity index (χ3v) is 1.73. The molecule has 0 atom stereocenters. The molecule has 0 unspecified atom stereocenters. The van der Waals surface area contributed by atoms with Gasteiger partial charge in [0.25, 0.3) is 0 Å². The van der Waals surface area contributed by atoms with Crippen LogP contribution in [0.5, 0.6) is 0 Å². The van der Waals surface area contributed by atoms with Crippen molar-refractivity contribution in [1.29, 1.82) is 0 Å². The van der Waals surface area contributed by atoms with Crippen molar-refractivity contribution in [3.63, 3.8) is 0 Å². The highest BCUT2D eigenvalue weighted by atomic mass is 35.5. The first kappa shape index (κ1) is 7.31. The monoisotopic (exact) mass is 179 g/mol. The maximum atomic E-state index is 5.80. The molecule has 0 aliphatic carbocycles. The Balaban J connectivity index is 2.48. The molecule has 0 saturated carbocycles. The topological polar surface area (TPSA) is 30.7 Å². The maximum Gasteiger partial charge on any atom is 0.0697 e. The van der Waals surface area contributed by atoms with Gasteiger partial charge >= 0.3 is 0 Å². The molecule has 0 amide bonds. The van der Waals surface area contributed by atoms with Crippen LogP contribution in [0.15, 0.2) is 36.7 Å². The van der Waals surface area contributed by atoms with Gasteiger partial charge in [0.2, 0.25) is 0 Å². The molecule has 0 radical (unpaired) electrons. The molecular formula is C8H6ClN3. The van der Waals surface area contributed by atoms with Gasteiger partial charge < -0.3 is 0 Å². The van der Waals surface area contributed by atoms with Crippen molar-refractivity contribution in [1.82, 2.24) is 15.0 Å². The van der Waals surface area contributed by atoms with Crippen LogP contribution in [0.25, 0.3) is 5.69 Å². The van der Waals surface area contributed by atoms with E-state index in [-0.39, 0.29) is 0 Å². The summed E-state index contributed by atoms with van der Waals surface area (Å²) in [5.74, 6) is 0. The lowest BCUT2D eigenvalue weighted by molar-refractivity contribution is 0.803. The first-order valence-corrected chi connectivity index (χ1v) is 3.86. The van der Waals surface area contributed by atoms with Crippen LogP contribution in [0.2, 0.25) is 5.02 Å². The average Bonchev–Trinajstić information content (AvgIpc) is 2.56. The van der Waals surface area contributed by atoms with Crippen LogP contribution < -0.4 is 0 Å². The zero-order valence-electron chi connectivity index (χ0n) is 6.18. The highest BCUT2D eigenvalue weighted by Crippen LogP contribution is 2.12. The molecule has 0 spiro atoms. The first-order valence-electron chi connectivity index (χ1n) is 3.48. The van der Waals surface area contributed by atoms with Gasteiger partial charge in [-0.2, -0.15) is 0 Å². The summed E-state index contributed by atoms with van der Waals surface area (Å²) >= 11 is 5.80. The van der Waals surface area contributed by atoms with Crippen molar-refractivity contribution in [3.05, 3.63) is 41.7 Å². The summed E-state index contributed by atoms with van der Waals surface area (Å²) in [6.07, 6.45) is 3.40. The van der Waals surface area contributed by atoms with Crippen LogP contribution >= 0.6 is 11.6 Å². The fraction of sp³-hybridized carbons (Fsp3) is 0. The minimum atomic E-state index is 0.697. The molecule has 0 bridgehead atoms. The second-order valence-corrected chi connectivity index (χ2v) is 2.76. The summed E-state index contributed by atoms with van der Waals surface area (Å²) in [4.78, 5) is 0. The summed E-state index contributed by atoms with van der Waals surface area (Å²) in [5, 5.41) is 8.23. The molecule has 0 N–H and O–H groups in total. The van der Waals surface area contributed by atoms with E-state index in [0.29, 0.717) is 5.02 Å². The van der Waals surface area contributed by atoms with Crippen LogP contribution in [-0.4, -0.2) is 15.0 Å². The molecule has 2 rings (SSSR count). The highest BCUT2D eigenvalue weighted by molar-refractivity contribution is 6.30. The molecule has 0 aliphatic heterocycles. The molecule has 1 aromatic heterocycles. The zero-order valence-corrected chi connectivity index (χ0v) is 6.94. The molecular weight excluding hydrogens is 174 g/mol. The smallest absolute Gasteiger partial charge is 0.0697 e.